The first-order chi connectivity index (χ1) is 8.22. The molecule has 1 atom stereocenters. The van der Waals surface area contributed by atoms with Crippen molar-refractivity contribution < 1.29 is 0 Å². The van der Waals surface area contributed by atoms with E-state index < -0.39 is 0 Å². The van der Waals surface area contributed by atoms with Crippen molar-refractivity contribution in [3.8, 4) is 0 Å². The number of fused-ring (bicyclic) bond motifs is 1. The van der Waals surface area contributed by atoms with Gasteiger partial charge in [0.05, 0.1) is 0 Å². The van der Waals surface area contributed by atoms with Crippen molar-refractivity contribution in [2.75, 3.05) is 19.6 Å². The van der Waals surface area contributed by atoms with Gasteiger partial charge in [0.2, 0.25) is 0 Å². The van der Waals surface area contributed by atoms with Crippen LogP contribution in [0, 0.1) is 5.92 Å². The largest absolute Gasteiger partial charge is 0.302 e. The Morgan fingerprint density at radius 2 is 2.06 bits per heavy atom. The Kier molecular flexibility index (Phi) is 4.22. The van der Waals surface area contributed by atoms with Crippen LogP contribution < -0.4 is 0 Å². The van der Waals surface area contributed by atoms with E-state index in [-0.39, 0.29) is 0 Å². The first kappa shape index (κ1) is 12.6. The Morgan fingerprint density at radius 3 is 2.76 bits per heavy atom. The van der Waals surface area contributed by atoms with Crippen LogP contribution in [0.25, 0.3) is 0 Å². The van der Waals surface area contributed by atoms with Crippen molar-refractivity contribution >= 4 is 0 Å². The van der Waals surface area contributed by atoms with Crippen LogP contribution in [0.1, 0.15) is 44.2 Å². The Morgan fingerprint density at radius 1 is 1.29 bits per heavy atom. The van der Waals surface area contributed by atoms with Gasteiger partial charge < -0.3 is 4.90 Å². The Labute approximate surface area is 106 Å². The SMILES string of the molecule is CCCN1CCc2ccccc2C(C(C)C)C1. The molecule has 0 fully saturated rings. The van der Waals surface area contributed by atoms with Gasteiger partial charge in [-0.3, -0.25) is 0 Å². The summed E-state index contributed by atoms with van der Waals surface area (Å²) in [4.78, 5) is 2.64. The van der Waals surface area contributed by atoms with Gasteiger partial charge in [0, 0.05) is 13.1 Å². The fourth-order valence-electron chi connectivity index (χ4n) is 2.96. The van der Waals surface area contributed by atoms with Gasteiger partial charge in [-0.15, -0.1) is 0 Å². The monoisotopic (exact) mass is 231 g/mol. The van der Waals surface area contributed by atoms with Crippen molar-refractivity contribution in [2.24, 2.45) is 5.92 Å². The molecule has 1 aromatic rings. The lowest BCUT2D eigenvalue weighted by molar-refractivity contribution is 0.249. The molecule has 1 heteroatoms. The molecule has 0 aromatic heterocycles. The van der Waals surface area contributed by atoms with Crippen LogP contribution in [0.4, 0.5) is 0 Å². The van der Waals surface area contributed by atoms with E-state index in [1.54, 1.807) is 11.1 Å². The van der Waals surface area contributed by atoms with E-state index in [9.17, 15) is 0 Å². The number of benzene rings is 1. The second kappa shape index (κ2) is 5.68. The fourth-order valence-corrected chi connectivity index (χ4v) is 2.96. The molecular weight excluding hydrogens is 206 g/mol. The zero-order valence-electron chi connectivity index (χ0n) is 11.4. The van der Waals surface area contributed by atoms with E-state index in [0.717, 1.165) is 5.92 Å². The third kappa shape index (κ3) is 2.90. The molecule has 1 aliphatic rings. The van der Waals surface area contributed by atoms with Gasteiger partial charge in [-0.2, -0.15) is 0 Å². The van der Waals surface area contributed by atoms with E-state index in [4.69, 9.17) is 0 Å². The molecule has 0 saturated heterocycles. The minimum absolute atomic E-state index is 0.709. The summed E-state index contributed by atoms with van der Waals surface area (Å²) in [6.45, 7) is 10.7. The maximum atomic E-state index is 2.64. The average molecular weight is 231 g/mol. The van der Waals surface area contributed by atoms with E-state index in [2.05, 4.69) is 49.9 Å². The molecule has 1 unspecified atom stereocenters. The van der Waals surface area contributed by atoms with Gasteiger partial charge in [0.25, 0.3) is 0 Å². The Balaban J connectivity index is 2.26. The van der Waals surface area contributed by atoms with Crippen molar-refractivity contribution in [1.82, 2.24) is 4.90 Å². The molecule has 2 rings (SSSR count). The molecule has 0 aliphatic carbocycles. The zero-order chi connectivity index (χ0) is 12.3. The van der Waals surface area contributed by atoms with Gasteiger partial charge >= 0.3 is 0 Å². The van der Waals surface area contributed by atoms with E-state index in [1.165, 1.54) is 32.5 Å². The molecule has 1 nitrogen and oxygen atoms in total. The maximum Gasteiger partial charge on any atom is 0.00530 e. The highest BCUT2D eigenvalue weighted by Gasteiger charge is 2.24. The lowest BCUT2D eigenvalue weighted by Crippen LogP contribution is -2.30. The predicted octanol–water partition coefficient (Wildman–Crippen LogP) is 3.69. The van der Waals surface area contributed by atoms with Gasteiger partial charge in [0.15, 0.2) is 0 Å². The lowest BCUT2D eigenvalue weighted by Gasteiger charge is -2.27. The maximum absolute atomic E-state index is 2.64. The van der Waals surface area contributed by atoms with Gasteiger partial charge in [-0.25, -0.2) is 0 Å². The first-order valence-electron chi connectivity index (χ1n) is 7.02. The molecule has 1 aromatic carbocycles. The van der Waals surface area contributed by atoms with E-state index >= 15 is 0 Å². The third-order valence-corrected chi connectivity index (χ3v) is 3.95. The summed E-state index contributed by atoms with van der Waals surface area (Å²) in [7, 11) is 0. The molecule has 0 bridgehead atoms. The molecule has 1 heterocycles. The molecular formula is C16H25N. The fraction of sp³-hybridized carbons (Fsp3) is 0.625. The van der Waals surface area contributed by atoms with E-state index in [0.29, 0.717) is 5.92 Å². The second-order valence-electron chi connectivity index (χ2n) is 5.60. The predicted molar refractivity (Wildman–Crippen MR) is 74.5 cm³/mol. The molecule has 17 heavy (non-hydrogen) atoms. The van der Waals surface area contributed by atoms with Gasteiger partial charge in [0.1, 0.15) is 0 Å². The van der Waals surface area contributed by atoms with Crippen molar-refractivity contribution in [3.63, 3.8) is 0 Å². The summed E-state index contributed by atoms with van der Waals surface area (Å²) in [5.41, 5.74) is 3.17. The summed E-state index contributed by atoms with van der Waals surface area (Å²) in [5.74, 6) is 1.44. The lowest BCUT2D eigenvalue weighted by atomic mass is 9.85. The van der Waals surface area contributed by atoms with Crippen LogP contribution in [0.2, 0.25) is 0 Å². The van der Waals surface area contributed by atoms with Crippen LogP contribution in [0.15, 0.2) is 24.3 Å². The summed E-state index contributed by atoms with van der Waals surface area (Å²) >= 11 is 0. The first-order valence-corrected chi connectivity index (χ1v) is 7.02. The minimum atomic E-state index is 0.709. The minimum Gasteiger partial charge on any atom is -0.302 e. The summed E-state index contributed by atoms with van der Waals surface area (Å²) < 4.78 is 0. The number of hydrogen-bond acceptors (Lipinski definition) is 1. The number of hydrogen-bond donors (Lipinski definition) is 0. The van der Waals surface area contributed by atoms with Crippen molar-refractivity contribution in [3.05, 3.63) is 35.4 Å². The summed E-state index contributed by atoms with van der Waals surface area (Å²) in [5, 5.41) is 0. The van der Waals surface area contributed by atoms with Crippen LogP contribution in [-0.2, 0) is 6.42 Å². The molecule has 0 saturated carbocycles. The number of rotatable bonds is 3. The molecule has 0 N–H and O–H groups in total. The molecule has 0 spiro atoms. The molecule has 1 aliphatic heterocycles. The van der Waals surface area contributed by atoms with Crippen molar-refractivity contribution in [2.45, 2.75) is 39.5 Å². The quantitative estimate of drug-likeness (QED) is 0.767. The highest BCUT2D eigenvalue weighted by atomic mass is 15.1. The molecule has 0 amide bonds. The Bertz CT molecular complexity index is 356. The highest BCUT2D eigenvalue weighted by molar-refractivity contribution is 5.32. The van der Waals surface area contributed by atoms with Crippen molar-refractivity contribution in [1.29, 1.82) is 0 Å². The zero-order valence-corrected chi connectivity index (χ0v) is 11.4. The molecule has 94 valence electrons. The molecule has 0 radical (unpaired) electrons. The van der Waals surface area contributed by atoms with Crippen LogP contribution in [-0.4, -0.2) is 24.5 Å². The van der Waals surface area contributed by atoms with Crippen LogP contribution in [0.5, 0.6) is 0 Å². The van der Waals surface area contributed by atoms with Crippen LogP contribution in [0.3, 0.4) is 0 Å². The summed E-state index contributed by atoms with van der Waals surface area (Å²) in [6.07, 6.45) is 2.49. The smallest absolute Gasteiger partial charge is 0.00530 e. The van der Waals surface area contributed by atoms with E-state index in [1.807, 2.05) is 0 Å². The number of nitrogens with zero attached hydrogens (tertiary/aromatic N) is 1. The van der Waals surface area contributed by atoms with Crippen LogP contribution >= 0.6 is 0 Å². The third-order valence-electron chi connectivity index (χ3n) is 3.95. The van der Waals surface area contributed by atoms with Gasteiger partial charge in [-0.05, 0) is 42.3 Å². The normalized spacial score (nSPS) is 21.3. The Hall–Kier alpha value is -0.820. The summed E-state index contributed by atoms with van der Waals surface area (Å²) in [6, 6.07) is 9.05. The standard InChI is InChI=1S/C16H25N/c1-4-10-17-11-9-14-7-5-6-8-15(14)16(12-17)13(2)3/h5-8,13,16H,4,9-12H2,1-3H3. The van der Waals surface area contributed by atoms with Gasteiger partial charge in [-0.1, -0.05) is 45.0 Å². The average Bonchev–Trinajstić information content (AvgIpc) is 2.50. The second-order valence-corrected chi connectivity index (χ2v) is 5.60. The topological polar surface area (TPSA) is 3.24 Å². The highest BCUT2D eigenvalue weighted by Crippen LogP contribution is 2.31.